The van der Waals surface area contributed by atoms with Crippen molar-refractivity contribution in [3.05, 3.63) is 22.8 Å². The Hall–Kier alpha value is -0.940. The van der Waals surface area contributed by atoms with Crippen LogP contribution in [-0.4, -0.2) is 46.4 Å². The van der Waals surface area contributed by atoms with Crippen LogP contribution in [0.3, 0.4) is 0 Å². The number of hydrogen-bond donors (Lipinski definition) is 1. The molecule has 1 amide bonds. The van der Waals surface area contributed by atoms with Gasteiger partial charge in [0.1, 0.15) is 11.5 Å². The smallest absolute Gasteiger partial charge is 0.274 e. The van der Waals surface area contributed by atoms with Gasteiger partial charge in [-0.2, -0.15) is 11.8 Å². The van der Waals surface area contributed by atoms with Gasteiger partial charge < -0.3 is 10.2 Å². The minimum absolute atomic E-state index is 0.0823. The average molecular weight is 300 g/mol. The molecule has 1 fully saturated rings. The first-order chi connectivity index (χ1) is 9.01. The number of aromatic nitrogens is 1. The Morgan fingerprint density at radius 2 is 2.05 bits per heavy atom. The quantitative estimate of drug-likeness (QED) is 0.912. The van der Waals surface area contributed by atoms with Crippen LogP contribution in [0.5, 0.6) is 0 Å². The number of rotatable bonds is 2. The van der Waals surface area contributed by atoms with Crippen molar-refractivity contribution in [1.29, 1.82) is 0 Å². The zero-order valence-corrected chi connectivity index (χ0v) is 12.9. The van der Waals surface area contributed by atoms with Gasteiger partial charge in [-0.3, -0.25) is 4.79 Å². The standard InChI is InChI=1S/C13H18ClN3OS/c1-8-6-17(7-9(2)19-8)13(18)12-10(14)4-5-11(15-3)16-12/h4-5,8-9H,6-7H2,1-3H3,(H,15,16). The summed E-state index contributed by atoms with van der Waals surface area (Å²) in [5.41, 5.74) is 0.333. The van der Waals surface area contributed by atoms with E-state index in [9.17, 15) is 4.79 Å². The largest absolute Gasteiger partial charge is 0.373 e. The van der Waals surface area contributed by atoms with E-state index in [-0.39, 0.29) is 5.91 Å². The van der Waals surface area contributed by atoms with E-state index in [1.807, 2.05) is 16.7 Å². The molecule has 1 aromatic heterocycles. The molecule has 2 unspecified atom stereocenters. The van der Waals surface area contributed by atoms with Gasteiger partial charge in [0.05, 0.1) is 5.02 Å². The predicted molar refractivity (Wildman–Crippen MR) is 81.2 cm³/mol. The van der Waals surface area contributed by atoms with Gasteiger partial charge in [0.25, 0.3) is 5.91 Å². The highest BCUT2D eigenvalue weighted by molar-refractivity contribution is 8.00. The van der Waals surface area contributed by atoms with E-state index >= 15 is 0 Å². The lowest BCUT2D eigenvalue weighted by atomic mass is 10.2. The Kier molecular flexibility index (Phi) is 4.58. The molecular weight excluding hydrogens is 282 g/mol. The highest BCUT2D eigenvalue weighted by Gasteiger charge is 2.28. The summed E-state index contributed by atoms with van der Waals surface area (Å²) in [6.07, 6.45) is 0. The summed E-state index contributed by atoms with van der Waals surface area (Å²) in [4.78, 5) is 18.6. The molecule has 104 valence electrons. The third kappa shape index (κ3) is 3.34. The number of hydrogen-bond acceptors (Lipinski definition) is 4. The molecule has 1 N–H and O–H groups in total. The van der Waals surface area contributed by atoms with E-state index in [1.54, 1.807) is 19.2 Å². The van der Waals surface area contributed by atoms with E-state index in [0.717, 1.165) is 13.1 Å². The fraction of sp³-hybridized carbons (Fsp3) is 0.538. The summed E-state index contributed by atoms with van der Waals surface area (Å²) in [6, 6.07) is 3.47. The third-order valence-electron chi connectivity index (χ3n) is 3.01. The summed E-state index contributed by atoms with van der Waals surface area (Å²) >= 11 is 8.01. The van der Waals surface area contributed by atoms with E-state index in [0.29, 0.717) is 27.0 Å². The molecule has 6 heteroatoms. The minimum Gasteiger partial charge on any atom is -0.373 e. The molecule has 1 aliphatic heterocycles. The van der Waals surface area contributed by atoms with Crippen LogP contribution < -0.4 is 5.32 Å². The summed E-state index contributed by atoms with van der Waals surface area (Å²) < 4.78 is 0. The maximum absolute atomic E-state index is 12.5. The van der Waals surface area contributed by atoms with Gasteiger partial charge in [0.15, 0.2) is 0 Å². The Morgan fingerprint density at radius 3 is 2.63 bits per heavy atom. The van der Waals surface area contributed by atoms with Crippen LogP contribution >= 0.6 is 23.4 Å². The van der Waals surface area contributed by atoms with E-state index in [1.165, 1.54) is 0 Å². The predicted octanol–water partition coefficient (Wildman–Crippen LogP) is 2.74. The molecule has 2 atom stereocenters. The van der Waals surface area contributed by atoms with Crippen LogP contribution in [0.4, 0.5) is 5.82 Å². The molecule has 0 bridgehead atoms. The zero-order chi connectivity index (χ0) is 14.0. The first-order valence-electron chi connectivity index (χ1n) is 6.30. The van der Waals surface area contributed by atoms with Crippen LogP contribution in [0.1, 0.15) is 24.3 Å². The number of anilines is 1. The molecule has 1 saturated heterocycles. The van der Waals surface area contributed by atoms with Gasteiger partial charge in [-0.1, -0.05) is 25.4 Å². The Bertz CT molecular complexity index is 473. The lowest BCUT2D eigenvalue weighted by Crippen LogP contribution is -2.44. The fourth-order valence-electron chi connectivity index (χ4n) is 2.22. The number of halogens is 1. The number of carbonyl (C=O) groups excluding carboxylic acids is 1. The van der Waals surface area contributed by atoms with Crippen molar-refractivity contribution in [2.75, 3.05) is 25.5 Å². The number of nitrogens with zero attached hydrogens (tertiary/aromatic N) is 2. The summed E-state index contributed by atoms with van der Waals surface area (Å²) in [5, 5.41) is 4.22. The van der Waals surface area contributed by atoms with Gasteiger partial charge in [0.2, 0.25) is 0 Å². The Labute approximate surface area is 122 Å². The topological polar surface area (TPSA) is 45.2 Å². The molecule has 2 heterocycles. The number of thioether (sulfide) groups is 1. The van der Waals surface area contributed by atoms with Crippen molar-refractivity contribution in [1.82, 2.24) is 9.88 Å². The highest BCUT2D eigenvalue weighted by Crippen LogP contribution is 2.27. The SMILES string of the molecule is CNc1ccc(Cl)c(C(=O)N2CC(C)SC(C)C2)n1. The monoisotopic (exact) mass is 299 g/mol. The van der Waals surface area contributed by atoms with Gasteiger partial charge in [0, 0.05) is 30.6 Å². The molecule has 1 aliphatic rings. The van der Waals surface area contributed by atoms with Crippen molar-refractivity contribution in [2.24, 2.45) is 0 Å². The van der Waals surface area contributed by atoms with Crippen LogP contribution in [-0.2, 0) is 0 Å². The van der Waals surface area contributed by atoms with E-state index < -0.39 is 0 Å². The van der Waals surface area contributed by atoms with Crippen molar-refractivity contribution in [3.8, 4) is 0 Å². The second kappa shape index (κ2) is 6.01. The minimum atomic E-state index is -0.0823. The van der Waals surface area contributed by atoms with E-state index in [4.69, 9.17) is 11.6 Å². The van der Waals surface area contributed by atoms with Gasteiger partial charge in [-0.15, -0.1) is 0 Å². The summed E-state index contributed by atoms with van der Waals surface area (Å²) in [6.45, 7) is 5.77. The highest BCUT2D eigenvalue weighted by atomic mass is 35.5. The molecule has 0 aromatic carbocycles. The number of carbonyl (C=O) groups is 1. The molecule has 19 heavy (non-hydrogen) atoms. The van der Waals surface area contributed by atoms with Gasteiger partial charge in [-0.25, -0.2) is 4.98 Å². The molecule has 0 spiro atoms. The molecule has 2 rings (SSSR count). The molecule has 4 nitrogen and oxygen atoms in total. The zero-order valence-electron chi connectivity index (χ0n) is 11.3. The first kappa shape index (κ1) is 14.5. The van der Waals surface area contributed by atoms with Crippen LogP contribution in [0.15, 0.2) is 12.1 Å². The molecule has 0 saturated carbocycles. The van der Waals surface area contributed by atoms with Crippen LogP contribution in [0.25, 0.3) is 0 Å². The second-order valence-electron chi connectivity index (χ2n) is 4.74. The van der Waals surface area contributed by atoms with Crippen molar-refractivity contribution in [3.63, 3.8) is 0 Å². The number of amides is 1. The molecule has 1 aromatic rings. The molecule has 0 aliphatic carbocycles. The summed E-state index contributed by atoms with van der Waals surface area (Å²) in [5.74, 6) is 0.571. The van der Waals surface area contributed by atoms with Crippen molar-refractivity contribution in [2.45, 2.75) is 24.3 Å². The number of pyridine rings is 1. The maximum atomic E-state index is 12.5. The third-order valence-corrected chi connectivity index (χ3v) is 4.54. The molecule has 0 radical (unpaired) electrons. The Morgan fingerprint density at radius 1 is 1.42 bits per heavy atom. The van der Waals surface area contributed by atoms with Crippen LogP contribution in [0, 0.1) is 0 Å². The lowest BCUT2D eigenvalue weighted by Gasteiger charge is -2.34. The van der Waals surface area contributed by atoms with Crippen molar-refractivity contribution < 1.29 is 4.79 Å². The number of nitrogens with one attached hydrogen (secondary N) is 1. The average Bonchev–Trinajstić information content (AvgIpc) is 2.37. The normalized spacial score (nSPS) is 23.3. The molecular formula is C13H18ClN3OS. The Balaban J connectivity index is 2.23. The maximum Gasteiger partial charge on any atom is 0.274 e. The first-order valence-corrected chi connectivity index (χ1v) is 7.62. The van der Waals surface area contributed by atoms with E-state index in [2.05, 4.69) is 24.1 Å². The van der Waals surface area contributed by atoms with Crippen molar-refractivity contribution >= 4 is 35.1 Å². The second-order valence-corrected chi connectivity index (χ2v) is 7.03. The summed E-state index contributed by atoms with van der Waals surface area (Å²) in [7, 11) is 1.77. The fourth-order valence-corrected chi connectivity index (χ4v) is 3.74. The van der Waals surface area contributed by atoms with Crippen LogP contribution in [0.2, 0.25) is 5.02 Å². The van der Waals surface area contributed by atoms with Gasteiger partial charge in [-0.05, 0) is 12.1 Å². The van der Waals surface area contributed by atoms with Gasteiger partial charge >= 0.3 is 0 Å². The lowest BCUT2D eigenvalue weighted by molar-refractivity contribution is 0.0747.